The topological polar surface area (TPSA) is 69.0 Å². The molecule has 2 aromatic carbocycles. The highest BCUT2D eigenvalue weighted by Crippen LogP contribution is 2.42. The molecule has 0 bridgehead atoms. The number of aromatic nitrogens is 3. The van der Waals surface area contributed by atoms with Crippen LogP contribution in [0.3, 0.4) is 0 Å². The summed E-state index contributed by atoms with van der Waals surface area (Å²) in [6, 6.07) is 17.8. The molecule has 30 heavy (non-hydrogen) atoms. The highest BCUT2D eigenvalue weighted by Gasteiger charge is 2.37. The standard InChI is InChI=1S/C24H22N4O2/c1-30-19-10-8-17(9-11-19)18-13-20-23(22(29)14-18)21(28-24(27-20)25-15-26-28)12-7-16-5-3-2-4-6-16/h2-12,15,18,21H,13-14H2,1H3,(H,25,26,27)/b12-7+/t18-,21+/m1/s1. The maximum Gasteiger partial charge on any atom is 0.226 e. The maximum absolute atomic E-state index is 13.3. The fourth-order valence-electron chi connectivity index (χ4n) is 4.25. The van der Waals surface area contributed by atoms with Crippen LogP contribution in [0.2, 0.25) is 0 Å². The third-order valence-electron chi connectivity index (χ3n) is 5.76. The summed E-state index contributed by atoms with van der Waals surface area (Å²) >= 11 is 0. The van der Waals surface area contributed by atoms with Crippen LogP contribution in [0.1, 0.15) is 35.9 Å². The summed E-state index contributed by atoms with van der Waals surface area (Å²) in [5.41, 5.74) is 3.94. The predicted octanol–water partition coefficient (Wildman–Crippen LogP) is 4.37. The fourth-order valence-corrected chi connectivity index (χ4v) is 4.25. The zero-order valence-corrected chi connectivity index (χ0v) is 16.7. The summed E-state index contributed by atoms with van der Waals surface area (Å²) in [7, 11) is 1.65. The zero-order chi connectivity index (χ0) is 20.5. The highest BCUT2D eigenvalue weighted by molar-refractivity contribution is 6.00. The van der Waals surface area contributed by atoms with E-state index in [1.54, 1.807) is 11.8 Å². The van der Waals surface area contributed by atoms with Gasteiger partial charge in [-0.1, -0.05) is 54.6 Å². The number of Topliss-reactive ketones (excluding diaryl/α,β-unsaturated/α-hetero) is 1. The van der Waals surface area contributed by atoms with Crippen LogP contribution < -0.4 is 10.1 Å². The summed E-state index contributed by atoms with van der Waals surface area (Å²) in [5, 5.41) is 7.71. The van der Waals surface area contributed by atoms with E-state index in [1.807, 2.05) is 66.7 Å². The molecule has 0 fully saturated rings. The molecule has 150 valence electrons. The molecule has 0 unspecified atom stereocenters. The number of anilines is 1. The van der Waals surface area contributed by atoms with Gasteiger partial charge in [-0.3, -0.25) is 4.79 Å². The molecule has 6 heteroatoms. The van der Waals surface area contributed by atoms with E-state index in [2.05, 4.69) is 15.4 Å². The molecule has 0 radical (unpaired) electrons. The summed E-state index contributed by atoms with van der Waals surface area (Å²) < 4.78 is 7.04. The van der Waals surface area contributed by atoms with E-state index in [4.69, 9.17) is 4.74 Å². The molecular weight excluding hydrogens is 376 g/mol. The van der Waals surface area contributed by atoms with E-state index in [9.17, 15) is 4.79 Å². The van der Waals surface area contributed by atoms with Crippen molar-refractivity contribution in [1.29, 1.82) is 0 Å². The summed E-state index contributed by atoms with van der Waals surface area (Å²) in [6.07, 6.45) is 6.84. The van der Waals surface area contributed by atoms with Crippen LogP contribution in [0.15, 0.2) is 78.3 Å². The number of hydrogen-bond donors (Lipinski definition) is 1. The molecule has 0 spiro atoms. The second-order valence-electron chi connectivity index (χ2n) is 7.56. The van der Waals surface area contributed by atoms with Crippen LogP contribution in [0.5, 0.6) is 5.75 Å². The van der Waals surface area contributed by atoms with Gasteiger partial charge in [-0.15, -0.1) is 0 Å². The van der Waals surface area contributed by atoms with E-state index >= 15 is 0 Å². The Kier molecular flexibility index (Phi) is 4.67. The number of ketones is 1. The van der Waals surface area contributed by atoms with Crippen LogP contribution in [0, 0.1) is 0 Å². The lowest BCUT2D eigenvalue weighted by Gasteiger charge is -2.34. The molecule has 2 heterocycles. The summed E-state index contributed by atoms with van der Waals surface area (Å²) in [4.78, 5) is 17.6. The quantitative estimate of drug-likeness (QED) is 0.707. The number of ether oxygens (including phenoxy) is 1. The first-order valence-corrected chi connectivity index (χ1v) is 10.0. The van der Waals surface area contributed by atoms with Gasteiger partial charge in [0.25, 0.3) is 0 Å². The van der Waals surface area contributed by atoms with Gasteiger partial charge in [0.15, 0.2) is 5.78 Å². The van der Waals surface area contributed by atoms with Gasteiger partial charge in [-0.05, 0) is 35.6 Å². The van der Waals surface area contributed by atoms with Crippen molar-refractivity contribution in [1.82, 2.24) is 14.8 Å². The Balaban J connectivity index is 1.49. The molecular formula is C24H22N4O2. The molecule has 1 aliphatic heterocycles. The van der Waals surface area contributed by atoms with Gasteiger partial charge in [-0.2, -0.15) is 10.1 Å². The van der Waals surface area contributed by atoms with E-state index in [0.29, 0.717) is 12.4 Å². The van der Waals surface area contributed by atoms with Crippen LogP contribution in [-0.2, 0) is 4.79 Å². The van der Waals surface area contributed by atoms with Crippen LogP contribution in [0.25, 0.3) is 6.08 Å². The number of hydrogen-bond acceptors (Lipinski definition) is 5. The number of rotatable bonds is 4. The molecule has 2 atom stereocenters. The average molecular weight is 398 g/mol. The Labute approximate surface area is 174 Å². The monoisotopic (exact) mass is 398 g/mol. The molecule has 1 aromatic heterocycles. The van der Waals surface area contributed by atoms with Gasteiger partial charge in [0.1, 0.15) is 18.1 Å². The maximum atomic E-state index is 13.3. The lowest BCUT2D eigenvalue weighted by Crippen LogP contribution is -2.32. The van der Waals surface area contributed by atoms with Gasteiger partial charge >= 0.3 is 0 Å². The van der Waals surface area contributed by atoms with Crippen molar-refractivity contribution >= 4 is 17.8 Å². The predicted molar refractivity (Wildman–Crippen MR) is 115 cm³/mol. The Bertz CT molecular complexity index is 1130. The minimum atomic E-state index is -0.261. The Morgan fingerprint density at radius 2 is 1.90 bits per heavy atom. The average Bonchev–Trinajstić information content (AvgIpc) is 3.26. The molecule has 0 saturated carbocycles. The number of fused-ring (bicyclic) bond motifs is 1. The minimum absolute atomic E-state index is 0.128. The number of nitrogens with one attached hydrogen (secondary N) is 1. The number of allylic oxidation sites excluding steroid dienone is 3. The Hall–Kier alpha value is -3.67. The van der Waals surface area contributed by atoms with Crippen LogP contribution >= 0.6 is 0 Å². The van der Waals surface area contributed by atoms with E-state index < -0.39 is 0 Å². The van der Waals surface area contributed by atoms with Gasteiger partial charge in [0, 0.05) is 17.7 Å². The molecule has 0 amide bonds. The molecule has 1 N–H and O–H groups in total. The first-order chi connectivity index (χ1) is 14.7. The molecule has 1 aliphatic carbocycles. The number of methoxy groups -OCH3 is 1. The lowest BCUT2D eigenvalue weighted by molar-refractivity contribution is -0.116. The van der Waals surface area contributed by atoms with E-state index in [1.165, 1.54) is 6.33 Å². The largest absolute Gasteiger partial charge is 0.497 e. The van der Waals surface area contributed by atoms with Gasteiger partial charge < -0.3 is 10.1 Å². The van der Waals surface area contributed by atoms with Crippen molar-refractivity contribution in [3.63, 3.8) is 0 Å². The smallest absolute Gasteiger partial charge is 0.226 e. The third kappa shape index (κ3) is 3.30. The third-order valence-corrected chi connectivity index (χ3v) is 5.76. The summed E-state index contributed by atoms with van der Waals surface area (Å²) in [6.45, 7) is 0. The summed E-state index contributed by atoms with van der Waals surface area (Å²) in [5.74, 6) is 1.76. The fraction of sp³-hybridized carbons (Fsp3) is 0.208. The van der Waals surface area contributed by atoms with Crippen LogP contribution in [-0.4, -0.2) is 27.7 Å². The molecule has 0 saturated heterocycles. The molecule has 3 aromatic rings. The van der Waals surface area contributed by atoms with Crippen molar-refractivity contribution in [3.05, 3.63) is 89.4 Å². The van der Waals surface area contributed by atoms with Gasteiger partial charge in [-0.25, -0.2) is 4.68 Å². The van der Waals surface area contributed by atoms with Gasteiger partial charge in [0.2, 0.25) is 5.95 Å². The first kappa shape index (κ1) is 18.4. The normalized spacial score (nSPS) is 20.6. The number of nitrogens with zero attached hydrogens (tertiary/aromatic N) is 3. The lowest BCUT2D eigenvalue weighted by atomic mass is 9.79. The van der Waals surface area contributed by atoms with Crippen molar-refractivity contribution in [2.24, 2.45) is 0 Å². The van der Waals surface area contributed by atoms with Crippen LogP contribution in [0.4, 0.5) is 5.95 Å². The first-order valence-electron chi connectivity index (χ1n) is 10.0. The van der Waals surface area contributed by atoms with Gasteiger partial charge in [0.05, 0.1) is 7.11 Å². The number of carbonyl (C=O) groups excluding carboxylic acids is 1. The van der Waals surface area contributed by atoms with Crippen molar-refractivity contribution in [2.45, 2.75) is 24.8 Å². The number of benzene rings is 2. The van der Waals surface area contributed by atoms with Crippen molar-refractivity contribution in [3.8, 4) is 5.75 Å². The van der Waals surface area contributed by atoms with Crippen molar-refractivity contribution in [2.75, 3.05) is 12.4 Å². The second kappa shape index (κ2) is 7.63. The van der Waals surface area contributed by atoms with E-state index in [0.717, 1.165) is 34.6 Å². The Morgan fingerprint density at radius 3 is 2.67 bits per heavy atom. The second-order valence-corrected chi connectivity index (χ2v) is 7.56. The minimum Gasteiger partial charge on any atom is -0.497 e. The molecule has 5 rings (SSSR count). The molecule has 6 nitrogen and oxygen atoms in total. The van der Waals surface area contributed by atoms with E-state index in [-0.39, 0.29) is 17.7 Å². The van der Waals surface area contributed by atoms with Crippen molar-refractivity contribution < 1.29 is 9.53 Å². The highest BCUT2D eigenvalue weighted by atomic mass is 16.5. The SMILES string of the molecule is COc1ccc([C@H]2CC(=O)C3=C(C2)Nc2ncnn2[C@H]3/C=C/c2ccccc2)cc1. The number of carbonyl (C=O) groups is 1. The zero-order valence-electron chi connectivity index (χ0n) is 16.7. The molecule has 2 aliphatic rings. The Morgan fingerprint density at radius 1 is 1.10 bits per heavy atom.